The Labute approximate surface area is 130 Å². The lowest BCUT2D eigenvalue weighted by Gasteiger charge is -2.17. The molecule has 108 valence electrons. The Bertz CT molecular complexity index is 417. The smallest absolute Gasteiger partial charge is 0.0766 e. The molecular weight excluding hydrogens is 324 g/mol. The molecule has 0 bridgehead atoms. The number of aromatic nitrogens is 2. The summed E-state index contributed by atoms with van der Waals surface area (Å²) in [7, 11) is 0. The summed E-state index contributed by atoms with van der Waals surface area (Å²) in [5.41, 5.74) is 2.56. The van der Waals surface area contributed by atoms with Crippen molar-refractivity contribution in [3.05, 3.63) is 15.9 Å². The third-order valence-corrected chi connectivity index (χ3v) is 5.46. The van der Waals surface area contributed by atoms with Crippen LogP contribution in [0.4, 0.5) is 0 Å². The van der Waals surface area contributed by atoms with Crippen LogP contribution in [0.15, 0.2) is 4.47 Å². The van der Waals surface area contributed by atoms with Crippen molar-refractivity contribution in [1.29, 1.82) is 0 Å². The van der Waals surface area contributed by atoms with Crippen LogP contribution >= 0.6 is 27.5 Å². The number of halogens is 2. The Morgan fingerprint density at radius 2 is 2.05 bits per heavy atom. The van der Waals surface area contributed by atoms with Gasteiger partial charge >= 0.3 is 0 Å². The number of alkyl halides is 1. The van der Waals surface area contributed by atoms with Gasteiger partial charge in [0.05, 0.1) is 15.9 Å². The van der Waals surface area contributed by atoms with Crippen molar-refractivity contribution in [2.24, 2.45) is 5.92 Å². The molecule has 1 aliphatic rings. The standard InChI is InChI=1S/C15H24BrClN2/c1-3-13-15(16)14(19(4-2)18-13)10-11-7-5-6-8-12(17)9-11/h11-12H,3-10H2,1-2H3. The van der Waals surface area contributed by atoms with Gasteiger partial charge in [-0.3, -0.25) is 4.68 Å². The van der Waals surface area contributed by atoms with Gasteiger partial charge in [-0.05, 0) is 54.5 Å². The summed E-state index contributed by atoms with van der Waals surface area (Å²) in [6, 6.07) is 0. The summed E-state index contributed by atoms with van der Waals surface area (Å²) in [6.45, 7) is 5.28. The molecule has 1 heterocycles. The highest BCUT2D eigenvalue weighted by molar-refractivity contribution is 9.10. The highest BCUT2D eigenvalue weighted by Crippen LogP contribution is 2.32. The molecular formula is C15H24BrClN2. The molecule has 1 fully saturated rings. The zero-order valence-electron chi connectivity index (χ0n) is 12.0. The molecule has 1 aliphatic carbocycles. The summed E-state index contributed by atoms with van der Waals surface area (Å²) in [6.07, 6.45) is 8.38. The highest BCUT2D eigenvalue weighted by atomic mass is 79.9. The van der Waals surface area contributed by atoms with Crippen molar-refractivity contribution in [1.82, 2.24) is 9.78 Å². The normalized spacial score (nSPS) is 24.4. The lowest BCUT2D eigenvalue weighted by Crippen LogP contribution is -2.12. The Morgan fingerprint density at radius 1 is 1.32 bits per heavy atom. The van der Waals surface area contributed by atoms with Gasteiger partial charge in [0.25, 0.3) is 0 Å². The van der Waals surface area contributed by atoms with E-state index in [1.807, 2.05) is 0 Å². The van der Waals surface area contributed by atoms with E-state index in [1.165, 1.54) is 41.5 Å². The summed E-state index contributed by atoms with van der Waals surface area (Å²) in [4.78, 5) is 0. The van der Waals surface area contributed by atoms with Crippen LogP contribution in [0.2, 0.25) is 0 Å². The number of nitrogens with zero attached hydrogens (tertiary/aromatic N) is 2. The average molecular weight is 348 g/mol. The van der Waals surface area contributed by atoms with Gasteiger partial charge in [0.2, 0.25) is 0 Å². The van der Waals surface area contributed by atoms with Gasteiger partial charge < -0.3 is 0 Å². The van der Waals surface area contributed by atoms with Crippen molar-refractivity contribution in [3.8, 4) is 0 Å². The van der Waals surface area contributed by atoms with Gasteiger partial charge in [-0.2, -0.15) is 5.10 Å². The minimum absolute atomic E-state index is 0.370. The third-order valence-electron chi connectivity index (χ3n) is 4.14. The summed E-state index contributed by atoms with van der Waals surface area (Å²) < 4.78 is 3.39. The van der Waals surface area contributed by atoms with Crippen LogP contribution in [0.25, 0.3) is 0 Å². The molecule has 2 nitrogen and oxygen atoms in total. The van der Waals surface area contributed by atoms with E-state index in [2.05, 4.69) is 34.5 Å². The Kier molecular flexibility index (Phi) is 5.76. The van der Waals surface area contributed by atoms with Gasteiger partial charge in [-0.15, -0.1) is 11.6 Å². The monoisotopic (exact) mass is 346 g/mol. The minimum atomic E-state index is 0.370. The van der Waals surface area contributed by atoms with Gasteiger partial charge in [-0.1, -0.05) is 26.2 Å². The van der Waals surface area contributed by atoms with Gasteiger partial charge in [0, 0.05) is 11.9 Å². The number of aryl methyl sites for hydroxylation is 2. The van der Waals surface area contributed by atoms with Crippen molar-refractivity contribution in [2.75, 3.05) is 0 Å². The molecule has 19 heavy (non-hydrogen) atoms. The quantitative estimate of drug-likeness (QED) is 0.556. The van der Waals surface area contributed by atoms with E-state index in [0.29, 0.717) is 11.3 Å². The van der Waals surface area contributed by atoms with Crippen molar-refractivity contribution in [2.45, 2.75) is 70.7 Å². The number of hydrogen-bond acceptors (Lipinski definition) is 1. The summed E-state index contributed by atoms with van der Waals surface area (Å²) in [5, 5.41) is 5.06. The maximum absolute atomic E-state index is 6.39. The summed E-state index contributed by atoms with van der Waals surface area (Å²) in [5.74, 6) is 0.716. The molecule has 2 rings (SSSR count). The molecule has 0 N–H and O–H groups in total. The van der Waals surface area contributed by atoms with E-state index in [0.717, 1.165) is 25.8 Å². The molecule has 0 saturated heterocycles. The van der Waals surface area contributed by atoms with Crippen LogP contribution in [0.3, 0.4) is 0 Å². The molecule has 0 radical (unpaired) electrons. The molecule has 0 spiro atoms. The van der Waals surface area contributed by atoms with E-state index in [9.17, 15) is 0 Å². The van der Waals surface area contributed by atoms with Crippen molar-refractivity contribution in [3.63, 3.8) is 0 Å². The fourth-order valence-corrected chi connectivity index (χ4v) is 4.20. The minimum Gasteiger partial charge on any atom is -0.268 e. The molecule has 0 aromatic carbocycles. The third kappa shape index (κ3) is 3.75. The van der Waals surface area contributed by atoms with Crippen LogP contribution in [0.5, 0.6) is 0 Å². The highest BCUT2D eigenvalue weighted by Gasteiger charge is 2.22. The second kappa shape index (κ2) is 7.12. The van der Waals surface area contributed by atoms with E-state index in [1.54, 1.807) is 0 Å². The van der Waals surface area contributed by atoms with Crippen molar-refractivity contribution < 1.29 is 0 Å². The lowest BCUT2D eigenvalue weighted by molar-refractivity contribution is 0.440. The molecule has 1 saturated carbocycles. The maximum atomic E-state index is 6.39. The Morgan fingerprint density at radius 3 is 2.74 bits per heavy atom. The van der Waals surface area contributed by atoms with Crippen LogP contribution in [0.1, 0.15) is 57.3 Å². The van der Waals surface area contributed by atoms with E-state index < -0.39 is 0 Å². The number of hydrogen-bond donors (Lipinski definition) is 0. The first kappa shape index (κ1) is 15.4. The first-order valence-corrected chi connectivity index (χ1v) is 8.76. The van der Waals surface area contributed by atoms with Crippen molar-refractivity contribution >= 4 is 27.5 Å². The number of rotatable bonds is 4. The molecule has 2 atom stereocenters. The maximum Gasteiger partial charge on any atom is 0.0766 e. The molecule has 1 aromatic heterocycles. The second-order valence-electron chi connectivity index (χ2n) is 5.56. The lowest BCUT2D eigenvalue weighted by atomic mass is 9.94. The zero-order valence-corrected chi connectivity index (χ0v) is 14.3. The van der Waals surface area contributed by atoms with Crippen LogP contribution in [-0.4, -0.2) is 15.2 Å². The largest absolute Gasteiger partial charge is 0.268 e. The van der Waals surface area contributed by atoms with Crippen LogP contribution in [-0.2, 0) is 19.4 Å². The first-order chi connectivity index (χ1) is 9.15. The van der Waals surface area contributed by atoms with Gasteiger partial charge in [0.1, 0.15) is 0 Å². The van der Waals surface area contributed by atoms with Gasteiger partial charge in [0.15, 0.2) is 0 Å². The predicted octanol–water partition coefficient (Wildman–Crippen LogP) is 4.96. The SMILES string of the molecule is CCc1nn(CC)c(CC2CCCCC(Cl)C2)c1Br. The molecule has 1 aromatic rings. The van der Waals surface area contributed by atoms with E-state index >= 15 is 0 Å². The Balaban J connectivity index is 2.15. The van der Waals surface area contributed by atoms with Crippen LogP contribution in [0, 0.1) is 5.92 Å². The fourth-order valence-electron chi connectivity index (χ4n) is 3.07. The molecule has 2 unspecified atom stereocenters. The molecule has 4 heteroatoms. The average Bonchev–Trinajstić information content (AvgIpc) is 2.57. The molecule has 0 amide bonds. The van der Waals surface area contributed by atoms with E-state index in [-0.39, 0.29) is 0 Å². The molecule has 0 aliphatic heterocycles. The summed E-state index contributed by atoms with van der Waals surface area (Å²) >= 11 is 10.1. The van der Waals surface area contributed by atoms with Crippen LogP contribution < -0.4 is 0 Å². The second-order valence-corrected chi connectivity index (χ2v) is 6.97. The fraction of sp³-hybridized carbons (Fsp3) is 0.800. The Hall–Kier alpha value is -0.0200. The first-order valence-electron chi connectivity index (χ1n) is 7.53. The topological polar surface area (TPSA) is 17.8 Å². The predicted molar refractivity (Wildman–Crippen MR) is 84.9 cm³/mol. The van der Waals surface area contributed by atoms with E-state index in [4.69, 9.17) is 16.7 Å². The zero-order chi connectivity index (χ0) is 13.8. The van der Waals surface area contributed by atoms with Gasteiger partial charge in [-0.25, -0.2) is 0 Å².